The smallest absolute Gasteiger partial charge is 0.410 e. The minimum absolute atomic E-state index is 0.128. The molecule has 0 radical (unpaired) electrons. The summed E-state index contributed by atoms with van der Waals surface area (Å²) in [5, 5.41) is 7.36. The highest BCUT2D eigenvalue weighted by Gasteiger charge is 2.49. The maximum atomic E-state index is 13.6. The number of piperidine rings is 3. The van der Waals surface area contributed by atoms with Gasteiger partial charge in [0.25, 0.3) is 5.91 Å². The second-order valence-corrected chi connectivity index (χ2v) is 18.8. The number of anilines is 2. The summed E-state index contributed by atoms with van der Waals surface area (Å²) in [6.07, 6.45) is 14.1. The van der Waals surface area contributed by atoms with Gasteiger partial charge in [-0.2, -0.15) is 5.10 Å². The van der Waals surface area contributed by atoms with Gasteiger partial charge in [0.1, 0.15) is 11.4 Å². The molecule has 14 nitrogen and oxygen atoms in total. The van der Waals surface area contributed by atoms with Crippen LogP contribution in [0.25, 0.3) is 11.3 Å². The van der Waals surface area contributed by atoms with Gasteiger partial charge in [-0.15, -0.1) is 0 Å². The third kappa shape index (κ3) is 10.4. The quantitative estimate of drug-likeness (QED) is 0.144. The number of amides is 2. The van der Waals surface area contributed by atoms with E-state index < -0.39 is 29.4 Å². The topological polar surface area (TPSA) is 161 Å². The molecule has 1 spiro atoms. The lowest BCUT2D eigenvalue weighted by Gasteiger charge is -2.56. The van der Waals surface area contributed by atoms with Crippen LogP contribution in [0.2, 0.25) is 0 Å². The Bertz CT molecular complexity index is 2160. The SMILES string of the molecule is CC(C)(C)OC(=O)N1CCC2(CC1)CC(N1CCC(CCN3CCC(n4cc(-c5cnc(N)c(C(=O)O[C@@H](C(=O)Nc6ccc(F)cc6)c6ccccc6)n5)cn4)CC3)CC1)C2. The fourth-order valence-electron chi connectivity index (χ4n) is 9.64. The fourth-order valence-corrected chi connectivity index (χ4v) is 9.64. The van der Waals surface area contributed by atoms with Gasteiger partial charge in [-0.3, -0.25) is 9.48 Å². The van der Waals surface area contributed by atoms with E-state index in [1.54, 1.807) is 36.5 Å². The van der Waals surface area contributed by atoms with Gasteiger partial charge in [0.15, 0.2) is 11.5 Å². The van der Waals surface area contributed by atoms with E-state index in [4.69, 9.17) is 15.2 Å². The molecule has 5 heterocycles. The second kappa shape index (κ2) is 18.5. The zero-order valence-electron chi connectivity index (χ0n) is 36.2. The largest absolute Gasteiger partial charge is 0.444 e. The van der Waals surface area contributed by atoms with Crippen LogP contribution in [-0.4, -0.2) is 110 Å². The minimum Gasteiger partial charge on any atom is -0.444 e. The van der Waals surface area contributed by atoms with Crippen molar-refractivity contribution in [3.05, 3.63) is 90.3 Å². The third-order valence-corrected chi connectivity index (χ3v) is 13.3. The summed E-state index contributed by atoms with van der Waals surface area (Å²) in [5.41, 5.74) is 7.76. The summed E-state index contributed by atoms with van der Waals surface area (Å²) in [6.45, 7) is 13.0. The van der Waals surface area contributed by atoms with Crippen LogP contribution in [0.15, 0.2) is 73.2 Å². The Labute approximate surface area is 363 Å². The van der Waals surface area contributed by atoms with Crippen molar-refractivity contribution < 1.29 is 28.2 Å². The van der Waals surface area contributed by atoms with Crippen LogP contribution in [0.4, 0.5) is 20.7 Å². The van der Waals surface area contributed by atoms with Crippen molar-refractivity contribution in [2.45, 2.75) is 102 Å². The van der Waals surface area contributed by atoms with Crippen LogP contribution in [0.5, 0.6) is 0 Å². The summed E-state index contributed by atoms with van der Waals surface area (Å²) < 4.78 is 26.8. The molecule has 4 aromatic rings. The van der Waals surface area contributed by atoms with E-state index >= 15 is 0 Å². The summed E-state index contributed by atoms with van der Waals surface area (Å²) in [5.74, 6) is -1.33. The number of hydrogen-bond acceptors (Lipinski definition) is 11. The van der Waals surface area contributed by atoms with Crippen molar-refractivity contribution in [1.82, 2.24) is 34.4 Å². The molecule has 4 fully saturated rings. The van der Waals surface area contributed by atoms with Crippen molar-refractivity contribution >= 4 is 29.5 Å². The Hall–Kier alpha value is -5.41. The summed E-state index contributed by atoms with van der Waals surface area (Å²) in [6, 6.07) is 14.8. The number of esters is 1. The van der Waals surface area contributed by atoms with Gasteiger partial charge in [-0.05, 0) is 134 Å². The molecule has 62 heavy (non-hydrogen) atoms. The van der Waals surface area contributed by atoms with Crippen LogP contribution in [0.1, 0.15) is 107 Å². The number of halogens is 1. The minimum atomic E-state index is -1.34. The first kappa shape index (κ1) is 43.2. The van der Waals surface area contributed by atoms with Crippen LogP contribution >= 0.6 is 0 Å². The number of benzene rings is 2. The van der Waals surface area contributed by atoms with Crippen molar-refractivity contribution in [3.63, 3.8) is 0 Å². The molecular formula is C47H60FN9O5. The van der Waals surface area contributed by atoms with Crippen LogP contribution in [-0.2, 0) is 14.3 Å². The number of carbonyl (C=O) groups is 3. The number of ether oxygens (including phenoxy) is 2. The summed E-state index contributed by atoms with van der Waals surface area (Å²) in [7, 11) is 0. The molecule has 0 bridgehead atoms. The molecule has 4 aliphatic rings. The van der Waals surface area contributed by atoms with Crippen molar-refractivity contribution in [2.24, 2.45) is 11.3 Å². The number of nitrogen functional groups attached to an aromatic ring is 1. The Morgan fingerprint density at radius 2 is 1.60 bits per heavy atom. The molecule has 330 valence electrons. The molecule has 3 N–H and O–H groups in total. The highest BCUT2D eigenvalue weighted by Crippen LogP contribution is 2.51. The Balaban J connectivity index is 0.777. The number of aromatic nitrogens is 4. The van der Waals surface area contributed by atoms with E-state index in [0.717, 1.165) is 64.3 Å². The number of hydrogen-bond donors (Lipinski definition) is 2. The Morgan fingerprint density at radius 1 is 0.903 bits per heavy atom. The average Bonchev–Trinajstić information content (AvgIpc) is 3.75. The lowest BCUT2D eigenvalue weighted by molar-refractivity contribution is -0.125. The molecule has 1 aliphatic carbocycles. The van der Waals surface area contributed by atoms with Gasteiger partial charge in [-0.25, -0.2) is 23.9 Å². The van der Waals surface area contributed by atoms with Gasteiger partial charge in [0.2, 0.25) is 6.10 Å². The van der Waals surface area contributed by atoms with Crippen LogP contribution in [0.3, 0.4) is 0 Å². The lowest BCUT2D eigenvalue weighted by Crippen LogP contribution is -2.57. The first-order chi connectivity index (χ1) is 29.8. The standard InChI is InChI=1S/C47H60FN9O5/c1-46(2,3)62-45(60)56-25-18-47(19-26-56)27-38(28-47)55-23-14-32(15-24-55)13-20-54-21-16-37(17-22-54)57-31-34(29-51-57)39-30-50-42(49)40(53-39)44(59)61-41(33-7-5-4-6-8-33)43(58)52-36-11-9-35(48)10-12-36/h4-12,29-32,37-38,41H,13-28H2,1-3H3,(H2,49,50)(H,52,58)/t41-/m1/s1. The molecule has 2 aromatic carbocycles. The summed E-state index contributed by atoms with van der Waals surface area (Å²) in [4.78, 5) is 55.5. The van der Waals surface area contributed by atoms with E-state index in [9.17, 15) is 18.8 Å². The van der Waals surface area contributed by atoms with Gasteiger partial charge in [0, 0.05) is 55.2 Å². The Kier molecular flexibility index (Phi) is 12.9. The number of nitrogens with one attached hydrogen (secondary N) is 1. The predicted molar refractivity (Wildman–Crippen MR) is 233 cm³/mol. The summed E-state index contributed by atoms with van der Waals surface area (Å²) >= 11 is 0. The van der Waals surface area contributed by atoms with Gasteiger partial charge >= 0.3 is 12.1 Å². The molecule has 8 rings (SSSR count). The molecular weight excluding hydrogens is 790 g/mol. The molecule has 3 aliphatic heterocycles. The third-order valence-electron chi connectivity index (χ3n) is 13.3. The maximum Gasteiger partial charge on any atom is 0.410 e. The van der Waals surface area contributed by atoms with E-state index in [1.165, 1.54) is 75.7 Å². The van der Waals surface area contributed by atoms with Crippen molar-refractivity contribution in [1.29, 1.82) is 0 Å². The molecule has 0 unspecified atom stereocenters. The van der Waals surface area contributed by atoms with Gasteiger partial charge in [0.05, 0.1) is 24.1 Å². The second-order valence-electron chi connectivity index (χ2n) is 18.8. The molecule has 1 atom stereocenters. The number of rotatable bonds is 11. The fraction of sp³-hybridized carbons (Fsp3) is 0.532. The molecule has 1 saturated carbocycles. The molecule has 2 amide bonds. The maximum absolute atomic E-state index is 13.6. The van der Waals surface area contributed by atoms with Crippen LogP contribution in [0, 0.1) is 17.2 Å². The zero-order chi connectivity index (χ0) is 43.4. The highest BCUT2D eigenvalue weighted by atomic mass is 19.1. The average molecular weight is 850 g/mol. The number of carbonyl (C=O) groups excluding carboxylic acids is 3. The number of likely N-dealkylation sites (tertiary alicyclic amines) is 3. The van der Waals surface area contributed by atoms with Crippen molar-refractivity contribution in [3.8, 4) is 11.3 Å². The highest BCUT2D eigenvalue weighted by molar-refractivity contribution is 5.99. The lowest BCUT2D eigenvalue weighted by atomic mass is 9.59. The van der Waals surface area contributed by atoms with E-state index in [0.29, 0.717) is 34.0 Å². The molecule has 3 saturated heterocycles. The van der Waals surface area contributed by atoms with Crippen LogP contribution < -0.4 is 11.1 Å². The number of nitrogens with zero attached hydrogens (tertiary/aromatic N) is 7. The van der Waals surface area contributed by atoms with E-state index in [1.807, 2.05) is 36.5 Å². The first-order valence-corrected chi connectivity index (χ1v) is 22.2. The predicted octanol–water partition coefficient (Wildman–Crippen LogP) is 7.52. The molecule has 15 heteroatoms. The zero-order valence-corrected chi connectivity index (χ0v) is 36.2. The number of nitrogens with two attached hydrogens (primary N) is 1. The van der Waals surface area contributed by atoms with Gasteiger partial charge in [-0.1, -0.05) is 30.3 Å². The Morgan fingerprint density at radius 3 is 2.27 bits per heavy atom. The van der Waals surface area contributed by atoms with E-state index in [-0.39, 0.29) is 23.6 Å². The molecule has 2 aromatic heterocycles. The van der Waals surface area contributed by atoms with Crippen molar-refractivity contribution in [2.75, 3.05) is 56.9 Å². The monoisotopic (exact) mass is 849 g/mol. The van der Waals surface area contributed by atoms with Gasteiger partial charge < -0.3 is 35.2 Å². The van der Waals surface area contributed by atoms with E-state index in [2.05, 4.69) is 30.2 Å². The first-order valence-electron chi connectivity index (χ1n) is 22.2. The normalized spacial score (nSPS) is 19.8.